The smallest absolute Gasteiger partial charge is 0.368 e. The summed E-state index contributed by atoms with van der Waals surface area (Å²) >= 11 is 0. The van der Waals surface area contributed by atoms with E-state index < -0.39 is 35.4 Å². The summed E-state index contributed by atoms with van der Waals surface area (Å²) in [6.07, 6.45) is -4.89. The van der Waals surface area contributed by atoms with Gasteiger partial charge in [0.2, 0.25) is 11.8 Å². The third-order valence-corrected chi connectivity index (χ3v) is 3.63. The van der Waals surface area contributed by atoms with Crippen LogP contribution in [0.25, 0.3) is 0 Å². The first-order valence-corrected chi connectivity index (χ1v) is 7.64. The zero-order valence-electron chi connectivity index (χ0n) is 13.5. The van der Waals surface area contributed by atoms with Crippen LogP contribution in [0.1, 0.15) is 16.7 Å². The van der Waals surface area contributed by atoms with Gasteiger partial charge >= 0.3 is 6.18 Å². The Bertz CT molecular complexity index is 806. The Balaban J connectivity index is 2.05. The van der Waals surface area contributed by atoms with Crippen molar-refractivity contribution in [2.75, 3.05) is 0 Å². The van der Waals surface area contributed by atoms with Crippen molar-refractivity contribution < 1.29 is 27.2 Å². The molecule has 2 amide bonds. The minimum atomic E-state index is -4.51. The average Bonchev–Trinajstić information content (AvgIpc) is 2.53. The molecule has 0 unspecified atom stereocenters. The third-order valence-electron chi connectivity index (χ3n) is 3.63. The number of carbonyl (C=O) groups excluding carboxylic acids is 2. The standard InChI is InChI=1S/C18H16F4N2O2/c19-14-6-2-4-12(8-14)9-15(17(23)26)24-16(25)10-11-3-1-5-13(7-11)18(20,21)22/h1-8,15H,9-10H2,(H2,23,26)(H,24,25)/t15-/m1/s1. The van der Waals surface area contributed by atoms with Crippen molar-refractivity contribution >= 4 is 11.8 Å². The van der Waals surface area contributed by atoms with Gasteiger partial charge in [-0.1, -0.05) is 30.3 Å². The van der Waals surface area contributed by atoms with Crippen molar-refractivity contribution in [1.82, 2.24) is 5.32 Å². The maximum Gasteiger partial charge on any atom is 0.416 e. The normalized spacial score (nSPS) is 12.5. The highest BCUT2D eigenvalue weighted by Gasteiger charge is 2.30. The average molecular weight is 368 g/mol. The summed E-state index contributed by atoms with van der Waals surface area (Å²) in [5.74, 6) is -1.99. The minimum Gasteiger partial charge on any atom is -0.368 e. The maximum absolute atomic E-state index is 13.2. The molecule has 1 atom stereocenters. The molecule has 8 heteroatoms. The van der Waals surface area contributed by atoms with Crippen LogP contribution < -0.4 is 11.1 Å². The molecule has 4 nitrogen and oxygen atoms in total. The van der Waals surface area contributed by atoms with E-state index in [0.29, 0.717) is 5.56 Å². The lowest BCUT2D eigenvalue weighted by Crippen LogP contribution is -2.46. The molecule has 0 fully saturated rings. The molecule has 0 aromatic heterocycles. The molecule has 0 saturated carbocycles. The lowest BCUT2D eigenvalue weighted by atomic mass is 10.0. The first kappa shape index (κ1) is 19.4. The van der Waals surface area contributed by atoms with Gasteiger partial charge in [0.05, 0.1) is 12.0 Å². The first-order valence-electron chi connectivity index (χ1n) is 7.64. The zero-order chi connectivity index (χ0) is 19.3. The Hall–Kier alpha value is -2.90. The fraction of sp³-hybridized carbons (Fsp3) is 0.222. The number of halogens is 4. The number of rotatable bonds is 6. The number of benzene rings is 2. The van der Waals surface area contributed by atoms with Crippen LogP contribution in [0.15, 0.2) is 48.5 Å². The van der Waals surface area contributed by atoms with Crippen molar-refractivity contribution in [3.8, 4) is 0 Å². The second-order valence-electron chi connectivity index (χ2n) is 5.73. The highest BCUT2D eigenvalue weighted by molar-refractivity contribution is 5.87. The van der Waals surface area contributed by atoms with E-state index in [2.05, 4.69) is 5.32 Å². The fourth-order valence-electron chi connectivity index (χ4n) is 2.41. The van der Waals surface area contributed by atoms with Crippen LogP contribution in [0.4, 0.5) is 17.6 Å². The van der Waals surface area contributed by atoms with Gasteiger partial charge in [0.15, 0.2) is 0 Å². The molecule has 0 saturated heterocycles. The SMILES string of the molecule is NC(=O)[C@@H](Cc1cccc(F)c1)NC(=O)Cc1cccc(C(F)(F)F)c1. The van der Waals surface area contributed by atoms with Crippen molar-refractivity contribution in [1.29, 1.82) is 0 Å². The summed E-state index contributed by atoms with van der Waals surface area (Å²) in [6.45, 7) is 0. The highest BCUT2D eigenvalue weighted by atomic mass is 19.4. The lowest BCUT2D eigenvalue weighted by Gasteiger charge is -2.16. The van der Waals surface area contributed by atoms with E-state index in [0.717, 1.165) is 12.1 Å². The third kappa shape index (κ3) is 5.58. The maximum atomic E-state index is 13.2. The Morgan fingerprint density at radius 1 is 1.04 bits per heavy atom. The largest absolute Gasteiger partial charge is 0.416 e. The first-order chi connectivity index (χ1) is 12.1. The molecular weight excluding hydrogens is 352 g/mol. The van der Waals surface area contributed by atoms with E-state index in [4.69, 9.17) is 5.73 Å². The molecule has 0 aliphatic rings. The highest BCUT2D eigenvalue weighted by Crippen LogP contribution is 2.29. The zero-order valence-corrected chi connectivity index (χ0v) is 13.5. The number of hydrogen-bond acceptors (Lipinski definition) is 2. The molecule has 0 spiro atoms. The van der Waals surface area contributed by atoms with E-state index >= 15 is 0 Å². The number of carbonyl (C=O) groups is 2. The van der Waals surface area contributed by atoms with Crippen molar-refractivity contribution in [2.24, 2.45) is 5.73 Å². The summed E-state index contributed by atoms with van der Waals surface area (Å²) < 4.78 is 51.3. The molecule has 26 heavy (non-hydrogen) atoms. The predicted octanol–water partition coefficient (Wildman–Crippen LogP) is 2.60. The summed E-state index contributed by atoms with van der Waals surface area (Å²) in [6, 6.07) is 8.69. The molecule has 0 aliphatic carbocycles. The Morgan fingerprint density at radius 3 is 2.31 bits per heavy atom. The van der Waals surface area contributed by atoms with Gasteiger partial charge in [-0.05, 0) is 29.3 Å². The van der Waals surface area contributed by atoms with Crippen LogP contribution in [0.5, 0.6) is 0 Å². The lowest BCUT2D eigenvalue weighted by molar-refractivity contribution is -0.137. The second kappa shape index (κ2) is 7.99. The van der Waals surface area contributed by atoms with Gasteiger partial charge in [0.1, 0.15) is 11.9 Å². The number of amides is 2. The molecule has 2 aromatic carbocycles. The number of primary amides is 1. The van der Waals surface area contributed by atoms with Gasteiger partial charge < -0.3 is 11.1 Å². The predicted molar refractivity (Wildman–Crippen MR) is 86.4 cm³/mol. The van der Waals surface area contributed by atoms with Crippen LogP contribution >= 0.6 is 0 Å². The number of alkyl halides is 3. The summed E-state index contributed by atoms with van der Waals surface area (Å²) in [5.41, 5.74) is 4.98. The molecule has 0 bridgehead atoms. The topological polar surface area (TPSA) is 72.2 Å². The van der Waals surface area contributed by atoms with Crippen molar-refractivity contribution in [3.05, 3.63) is 71.0 Å². The Morgan fingerprint density at radius 2 is 1.69 bits per heavy atom. The molecule has 0 heterocycles. The molecule has 2 rings (SSSR count). The number of nitrogens with one attached hydrogen (secondary N) is 1. The number of hydrogen-bond donors (Lipinski definition) is 2. The quantitative estimate of drug-likeness (QED) is 0.770. The molecule has 0 radical (unpaired) electrons. The summed E-state index contributed by atoms with van der Waals surface area (Å²) in [7, 11) is 0. The van der Waals surface area contributed by atoms with E-state index in [1.807, 2.05) is 0 Å². The minimum absolute atomic E-state index is 0.0264. The second-order valence-corrected chi connectivity index (χ2v) is 5.73. The summed E-state index contributed by atoms with van der Waals surface area (Å²) in [4.78, 5) is 23.6. The molecule has 0 aliphatic heterocycles. The van der Waals surface area contributed by atoms with Gasteiger partial charge in [0, 0.05) is 6.42 Å². The van der Waals surface area contributed by atoms with Gasteiger partial charge in [0.25, 0.3) is 0 Å². The van der Waals surface area contributed by atoms with Crippen LogP contribution in [0, 0.1) is 5.82 Å². The van der Waals surface area contributed by atoms with Gasteiger partial charge in [-0.15, -0.1) is 0 Å². The van der Waals surface area contributed by atoms with E-state index in [-0.39, 0.29) is 18.4 Å². The van der Waals surface area contributed by atoms with Gasteiger partial charge in [-0.3, -0.25) is 9.59 Å². The van der Waals surface area contributed by atoms with Gasteiger partial charge in [-0.25, -0.2) is 4.39 Å². The van der Waals surface area contributed by atoms with Crippen molar-refractivity contribution in [2.45, 2.75) is 25.1 Å². The molecule has 2 aromatic rings. The molecular formula is C18H16F4N2O2. The molecule has 3 N–H and O–H groups in total. The van der Waals surface area contributed by atoms with Crippen LogP contribution in [-0.4, -0.2) is 17.9 Å². The van der Waals surface area contributed by atoms with E-state index in [1.165, 1.54) is 30.3 Å². The number of nitrogens with two attached hydrogens (primary N) is 1. The van der Waals surface area contributed by atoms with Gasteiger partial charge in [-0.2, -0.15) is 13.2 Å². The molecule has 138 valence electrons. The fourth-order valence-corrected chi connectivity index (χ4v) is 2.41. The monoisotopic (exact) mass is 368 g/mol. The van der Waals surface area contributed by atoms with Crippen LogP contribution in [0.3, 0.4) is 0 Å². The van der Waals surface area contributed by atoms with Crippen LogP contribution in [0.2, 0.25) is 0 Å². The van der Waals surface area contributed by atoms with Crippen molar-refractivity contribution in [3.63, 3.8) is 0 Å². The van der Waals surface area contributed by atoms with E-state index in [9.17, 15) is 27.2 Å². The Kier molecular flexibility index (Phi) is 5.97. The van der Waals surface area contributed by atoms with E-state index in [1.54, 1.807) is 6.07 Å². The Labute approximate surface area is 147 Å². The summed E-state index contributed by atoms with van der Waals surface area (Å²) in [5, 5.41) is 2.37. The van der Waals surface area contributed by atoms with Crippen LogP contribution in [-0.2, 0) is 28.6 Å².